The molecular formula is C30H28F2N4O4S. The SMILES string of the molecule is O=S(=O)(c1ccc2c(c1)OCCO2)n1cc(CCN2CCC(=C(c3ccc(F)cc3)c3ccc(F)cc3)CC2)nn1. The largest absolute Gasteiger partial charge is 0.486 e. The Labute approximate surface area is 236 Å². The van der Waals surface area contributed by atoms with Crippen molar-refractivity contribution in [2.75, 3.05) is 32.8 Å². The number of fused-ring (bicyclic) bond motifs is 1. The molecule has 11 heteroatoms. The predicted molar refractivity (Wildman–Crippen MR) is 148 cm³/mol. The van der Waals surface area contributed by atoms with E-state index < -0.39 is 10.0 Å². The number of hydrogen-bond donors (Lipinski definition) is 0. The highest BCUT2D eigenvalue weighted by Crippen LogP contribution is 2.34. The van der Waals surface area contributed by atoms with Crippen LogP contribution in [0.5, 0.6) is 11.5 Å². The molecule has 6 rings (SSSR count). The monoisotopic (exact) mass is 578 g/mol. The summed E-state index contributed by atoms with van der Waals surface area (Å²) in [6, 6.07) is 17.3. The van der Waals surface area contributed by atoms with Crippen molar-refractivity contribution in [3.63, 3.8) is 0 Å². The number of piperidine rings is 1. The smallest absolute Gasteiger partial charge is 0.284 e. The van der Waals surface area contributed by atoms with Crippen molar-refractivity contribution < 1.29 is 26.7 Å². The summed E-state index contributed by atoms with van der Waals surface area (Å²) in [5.41, 5.74) is 4.62. The van der Waals surface area contributed by atoms with Gasteiger partial charge in [0, 0.05) is 32.1 Å². The molecule has 1 saturated heterocycles. The molecular weight excluding hydrogens is 550 g/mol. The van der Waals surface area contributed by atoms with Crippen LogP contribution in [0.15, 0.2) is 83.4 Å². The molecule has 2 aliphatic rings. The van der Waals surface area contributed by atoms with Crippen molar-refractivity contribution in [2.45, 2.75) is 24.2 Å². The number of halogens is 2. The van der Waals surface area contributed by atoms with Crippen molar-refractivity contribution in [2.24, 2.45) is 0 Å². The third kappa shape index (κ3) is 5.86. The van der Waals surface area contributed by atoms with Crippen LogP contribution in [0.2, 0.25) is 0 Å². The number of ether oxygens (including phenoxy) is 2. The van der Waals surface area contributed by atoms with E-state index >= 15 is 0 Å². The van der Waals surface area contributed by atoms with Crippen molar-refractivity contribution >= 4 is 15.6 Å². The van der Waals surface area contributed by atoms with Crippen molar-refractivity contribution in [1.29, 1.82) is 0 Å². The number of nitrogens with zero attached hydrogens (tertiary/aromatic N) is 4. The van der Waals surface area contributed by atoms with Gasteiger partial charge in [0.15, 0.2) is 11.5 Å². The summed E-state index contributed by atoms with van der Waals surface area (Å²) in [5, 5.41) is 7.98. The number of likely N-dealkylation sites (tertiary alicyclic amines) is 1. The molecule has 1 aromatic heterocycles. The lowest BCUT2D eigenvalue weighted by molar-refractivity contribution is 0.171. The maximum atomic E-state index is 13.6. The molecule has 41 heavy (non-hydrogen) atoms. The maximum absolute atomic E-state index is 13.6. The summed E-state index contributed by atoms with van der Waals surface area (Å²) in [6.07, 6.45) is 3.59. The van der Waals surface area contributed by atoms with E-state index in [9.17, 15) is 17.2 Å². The van der Waals surface area contributed by atoms with E-state index in [4.69, 9.17) is 9.47 Å². The van der Waals surface area contributed by atoms with Crippen LogP contribution in [0.4, 0.5) is 8.78 Å². The van der Waals surface area contributed by atoms with E-state index in [-0.39, 0.29) is 16.5 Å². The topological polar surface area (TPSA) is 86.6 Å². The average molecular weight is 579 g/mol. The van der Waals surface area contributed by atoms with Crippen LogP contribution >= 0.6 is 0 Å². The lowest BCUT2D eigenvalue weighted by Gasteiger charge is -2.30. The molecule has 3 aromatic carbocycles. The van der Waals surface area contributed by atoms with Crippen molar-refractivity contribution in [3.05, 3.63) is 107 Å². The van der Waals surface area contributed by atoms with E-state index in [1.807, 2.05) is 0 Å². The summed E-state index contributed by atoms with van der Waals surface area (Å²) >= 11 is 0. The van der Waals surface area contributed by atoms with Crippen LogP contribution in [0, 0.1) is 11.6 Å². The summed E-state index contributed by atoms with van der Waals surface area (Å²) in [4.78, 5) is 2.34. The van der Waals surface area contributed by atoms with Gasteiger partial charge in [-0.1, -0.05) is 35.1 Å². The predicted octanol–water partition coefficient (Wildman–Crippen LogP) is 4.70. The number of rotatable bonds is 7. The molecule has 0 saturated carbocycles. The quantitative estimate of drug-likeness (QED) is 0.314. The van der Waals surface area contributed by atoms with Gasteiger partial charge in [-0.25, -0.2) is 8.78 Å². The Balaban J connectivity index is 1.12. The van der Waals surface area contributed by atoms with Gasteiger partial charge in [-0.2, -0.15) is 8.42 Å². The molecule has 0 amide bonds. The summed E-state index contributed by atoms with van der Waals surface area (Å²) in [6.45, 7) is 3.07. The Morgan fingerprint density at radius 1 is 0.829 bits per heavy atom. The fourth-order valence-electron chi connectivity index (χ4n) is 5.18. The molecule has 4 aromatic rings. The summed E-state index contributed by atoms with van der Waals surface area (Å²) < 4.78 is 65.3. The molecule has 2 aliphatic heterocycles. The van der Waals surface area contributed by atoms with Gasteiger partial charge in [-0.15, -0.1) is 9.19 Å². The molecule has 0 N–H and O–H groups in total. The second-order valence-corrected chi connectivity index (χ2v) is 11.8. The number of benzene rings is 3. The highest BCUT2D eigenvalue weighted by molar-refractivity contribution is 7.89. The van der Waals surface area contributed by atoms with E-state index in [0.717, 1.165) is 46.7 Å². The first kappa shape index (κ1) is 27.1. The van der Waals surface area contributed by atoms with E-state index in [0.29, 0.717) is 43.4 Å². The van der Waals surface area contributed by atoms with Gasteiger partial charge in [0.2, 0.25) is 0 Å². The van der Waals surface area contributed by atoms with Crippen LogP contribution in [0.3, 0.4) is 0 Å². The minimum absolute atomic E-state index is 0.0478. The van der Waals surface area contributed by atoms with Crippen LogP contribution in [0.1, 0.15) is 29.7 Å². The first-order valence-corrected chi connectivity index (χ1v) is 14.8. The Hall–Kier alpha value is -4.09. The molecule has 8 nitrogen and oxygen atoms in total. The lowest BCUT2D eigenvalue weighted by Crippen LogP contribution is -2.33. The number of aromatic nitrogens is 3. The first-order chi connectivity index (χ1) is 19.9. The Bertz CT molecular complexity index is 1630. The van der Waals surface area contributed by atoms with E-state index in [1.165, 1.54) is 48.2 Å². The normalized spacial score (nSPS) is 15.6. The molecule has 0 aliphatic carbocycles. The zero-order valence-corrected chi connectivity index (χ0v) is 23.0. The molecule has 0 bridgehead atoms. The maximum Gasteiger partial charge on any atom is 0.284 e. The molecule has 1 fully saturated rings. The highest BCUT2D eigenvalue weighted by Gasteiger charge is 2.24. The van der Waals surface area contributed by atoms with Gasteiger partial charge in [0.25, 0.3) is 10.0 Å². The van der Waals surface area contributed by atoms with E-state index in [2.05, 4.69) is 15.2 Å². The van der Waals surface area contributed by atoms with Gasteiger partial charge >= 0.3 is 0 Å². The molecule has 0 atom stereocenters. The van der Waals surface area contributed by atoms with Gasteiger partial charge in [-0.05, 0) is 65.9 Å². The fourth-order valence-corrected chi connectivity index (χ4v) is 6.29. The molecule has 212 valence electrons. The van der Waals surface area contributed by atoms with Gasteiger partial charge in [0.05, 0.1) is 16.8 Å². The van der Waals surface area contributed by atoms with Crippen LogP contribution in [0.25, 0.3) is 5.57 Å². The molecule has 0 spiro atoms. The average Bonchev–Trinajstić information content (AvgIpc) is 3.49. The molecule has 3 heterocycles. The molecule has 0 radical (unpaired) electrons. The van der Waals surface area contributed by atoms with Gasteiger partial charge in [-0.3, -0.25) is 0 Å². The van der Waals surface area contributed by atoms with E-state index in [1.54, 1.807) is 30.3 Å². The summed E-state index contributed by atoms with van der Waals surface area (Å²) in [5.74, 6) is 0.292. The Morgan fingerprint density at radius 2 is 1.44 bits per heavy atom. The second kappa shape index (κ2) is 11.4. The second-order valence-electron chi connectivity index (χ2n) is 9.98. The third-order valence-corrected chi connectivity index (χ3v) is 8.86. The first-order valence-electron chi connectivity index (χ1n) is 13.4. The van der Waals surface area contributed by atoms with Crippen LogP contribution in [-0.2, 0) is 16.4 Å². The highest BCUT2D eigenvalue weighted by atomic mass is 32.2. The minimum Gasteiger partial charge on any atom is -0.486 e. The third-order valence-electron chi connectivity index (χ3n) is 7.34. The van der Waals surface area contributed by atoms with Crippen molar-refractivity contribution in [3.8, 4) is 11.5 Å². The molecule has 0 unspecified atom stereocenters. The van der Waals surface area contributed by atoms with Crippen molar-refractivity contribution in [1.82, 2.24) is 19.3 Å². The van der Waals surface area contributed by atoms with Crippen LogP contribution in [-0.4, -0.2) is 60.6 Å². The minimum atomic E-state index is -3.93. The van der Waals surface area contributed by atoms with Gasteiger partial charge < -0.3 is 14.4 Å². The Morgan fingerprint density at radius 3 is 2.07 bits per heavy atom. The standard InChI is InChI=1S/C30H28F2N4O4S/c31-24-5-1-21(2-6-24)30(22-3-7-25(32)8-4-22)23-11-14-35(15-12-23)16-13-26-20-36(34-33-26)41(37,38)27-9-10-28-29(19-27)40-18-17-39-28/h1-10,19-20H,11-18H2. The zero-order chi connectivity index (χ0) is 28.4. The Kier molecular flexibility index (Phi) is 7.55. The zero-order valence-electron chi connectivity index (χ0n) is 22.2. The van der Waals surface area contributed by atoms with Gasteiger partial charge in [0.1, 0.15) is 24.8 Å². The van der Waals surface area contributed by atoms with Crippen LogP contribution < -0.4 is 9.47 Å². The fraction of sp³-hybridized carbons (Fsp3) is 0.267. The lowest BCUT2D eigenvalue weighted by atomic mass is 9.88. The number of hydrogen-bond acceptors (Lipinski definition) is 7. The summed E-state index contributed by atoms with van der Waals surface area (Å²) in [7, 11) is -3.93.